The van der Waals surface area contributed by atoms with Gasteiger partial charge in [-0.25, -0.2) is 8.78 Å². The van der Waals surface area contributed by atoms with Crippen LogP contribution in [-0.4, -0.2) is 7.11 Å². The average molecular weight is 284 g/mol. The third-order valence-corrected chi connectivity index (χ3v) is 3.77. The zero-order chi connectivity index (χ0) is 13.8. The molecule has 0 saturated heterocycles. The number of nitrogens with one attached hydrogen (secondary N) is 1. The second-order valence-corrected chi connectivity index (χ2v) is 5.00. The topological polar surface area (TPSA) is 47.3 Å². The summed E-state index contributed by atoms with van der Waals surface area (Å²) >= 11 is 1.48. The number of hydrogen-bond donors (Lipinski definition) is 2. The van der Waals surface area contributed by atoms with Crippen LogP contribution in [-0.2, 0) is 6.42 Å². The lowest BCUT2D eigenvalue weighted by atomic mass is 10.0. The van der Waals surface area contributed by atoms with E-state index in [9.17, 15) is 8.78 Å². The summed E-state index contributed by atoms with van der Waals surface area (Å²) < 4.78 is 31.5. The molecular formula is C13H14F2N2OS. The summed E-state index contributed by atoms with van der Waals surface area (Å²) in [5.41, 5.74) is 3.19. The molecule has 0 aliphatic rings. The minimum atomic E-state index is -0.594. The summed E-state index contributed by atoms with van der Waals surface area (Å²) in [5.74, 6) is 5.05. The van der Waals surface area contributed by atoms with Crippen molar-refractivity contribution in [1.29, 1.82) is 0 Å². The minimum Gasteiger partial charge on any atom is -0.496 e. The largest absolute Gasteiger partial charge is 0.496 e. The van der Waals surface area contributed by atoms with Crippen LogP contribution in [0.3, 0.4) is 0 Å². The SMILES string of the molecule is COc1ccsc1C(Cc1cc(F)cc(F)c1)NN. The summed E-state index contributed by atoms with van der Waals surface area (Å²) in [6, 6.07) is 5.02. The Bertz CT molecular complexity index is 539. The molecule has 1 heterocycles. The molecule has 1 atom stereocenters. The van der Waals surface area contributed by atoms with Crippen molar-refractivity contribution in [1.82, 2.24) is 5.43 Å². The van der Waals surface area contributed by atoms with E-state index in [2.05, 4.69) is 5.43 Å². The molecule has 0 radical (unpaired) electrons. The molecule has 0 amide bonds. The molecule has 1 aromatic heterocycles. The van der Waals surface area contributed by atoms with Crippen LogP contribution < -0.4 is 16.0 Å². The number of methoxy groups -OCH3 is 1. The lowest BCUT2D eigenvalue weighted by molar-refractivity contribution is 0.403. The fraction of sp³-hybridized carbons (Fsp3) is 0.231. The van der Waals surface area contributed by atoms with Crippen molar-refractivity contribution in [3.8, 4) is 5.75 Å². The van der Waals surface area contributed by atoms with E-state index in [1.807, 2.05) is 11.4 Å². The monoisotopic (exact) mass is 284 g/mol. The zero-order valence-corrected chi connectivity index (χ0v) is 11.1. The van der Waals surface area contributed by atoms with Gasteiger partial charge in [-0.05, 0) is 35.6 Å². The van der Waals surface area contributed by atoms with Crippen LogP contribution in [0.1, 0.15) is 16.5 Å². The molecule has 2 rings (SSSR count). The van der Waals surface area contributed by atoms with Gasteiger partial charge in [0.2, 0.25) is 0 Å². The first-order chi connectivity index (χ1) is 9.13. The molecule has 2 aromatic rings. The van der Waals surface area contributed by atoms with E-state index >= 15 is 0 Å². The number of halogens is 2. The third-order valence-electron chi connectivity index (χ3n) is 2.76. The Hall–Kier alpha value is -1.50. The van der Waals surface area contributed by atoms with Crippen molar-refractivity contribution in [2.75, 3.05) is 7.11 Å². The quantitative estimate of drug-likeness (QED) is 0.655. The van der Waals surface area contributed by atoms with Crippen LogP contribution in [0.2, 0.25) is 0 Å². The first kappa shape index (κ1) is 13.9. The Morgan fingerprint density at radius 2 is 2.00 bits per heavy atom. The lowest BCUT2D eigenvalue weighted by Crippen LogP contribution is -2.29. The normalized spacial score (nSPS) is 12.4. The van der Waals surface area contributed by atoms with E-state index in [1.54, 1.807) is 7.11 Å². The van der Waals surface area contributed by atoms with E-state index in [4.69, 9.17) is 10.6 Å². The van der Waals surface area contributed by atoms with Crippen LogP contribution in [0, 0.1) is 11.6 Å². The smallest absolute Gasteiger partial charge is 0.134 e. The standard InChI is InChI=1S/C13H14F2N2OS/c1-18-12-2-3-19-13(12)11(17-16)6-8-4-9(14)7-10(15)5-8/h2-5,7,11,17H,6,16H2,1H3. The third kappa shape index (κ3) is 3.28. The number of rotatable bonds is 5. The van der Waals surface area contributed by atoms with E-state index in [1.165, 1.54) is 23.5 Å². The number of thiophene rings is 1. The molecule has 0 fully saturated rings. The van der Waals surface area contributed by atoms with Gasteiger partial charge in [-0.15, -0.1) is 11.3 Å². The molecule has 0 aliphatic heterocycles. The molecule has 3 nitrogen and oxygen atoms in total. The van der Waals surface area contributed by atoms with E-state index in [0.717, 1.165) is 10.9 Å². The molecule has 1 aromatic carbocycles. The zero-order valence-electron chi connectivity index (χ0n) is 10.3. The van der Waals surface area contributed by atoms with E-state index < -0.39 is 11.6 Å². The van der Waals surface area contributed by atoms with Gasteiger partial charge in [-0.3, -0.25) is 11.3 Å². The Kier molecular flexibility index (Phi) is 4.47. The molecule has 0 saturated carbocycles. The summed E-state index contributed by atoms with van der Waals surface area (Å²) in [4.78, 5) is 0.898. The predicted molar refractivity (Wildman–Crippen MR) is 71.0 cm³/mol. The maximum atomic E-state index is 13.2. The van der Waals surface area contributed by atoms with Crippen molar-refractivity contribution < 1.29 is 13.5 Å². The number of hydrazine groups is 1. The first-order valence-electron chi connectivity index (χ1n) is 5.66. The molecule has 0 aliphatic carbocycles. The van der Waals surface area contributed by atoms with Crippen LogP contribution in [0.15, 0.2) is 29.6 Å². The fourth-order valence-electron chi connectivity index (χ4n) is 1.92. The molecule has 1 unspecified atom stereocenters. The molecule has 6 heteroatoms. The Labute approximate surface area is 114 Å². The highest BCUT2D eigenvalue weighted by atomic mass is 32.1. The molecule has 19 heavy (non-hydrogen) atoms. The Morgan fingerprint density at radius 3 is 2.58 bits per heavy atom. The van der Waals surface area contributed by atoms with Gasteiger partial charge in [0.15, 0.2) is 0 Å². The second kappa shape index (κ2) is 6.10. The summed E-state index contributed by atoms with van der Waals surface area (Å²) in [7, 11) is 1.57. The average Bonchev–Trinajstić information content (AvgIpc) is 2.82. The van der Waals surface area contributed by atoms with E-state index in [-0.39, 0.29) is 6.04 Å². The van der Waals surface area contributed by atoms with Crippen LogP contribution in [0.4, 0.5) is 8.78 Å². The Balaban J connectivity index is 2.24. The van der Waals surface area contributed by atoms with Crippen molar-refractivity contribution in [3.05, 3.63) is 51.7 Å². The van der Waals surface area contributed by atoms with Gasteiger partial charge in [0.05, 0.1) is 18.0 Å². The van der Waals surface area contributed by atoms with Gasteiger partial charge in [0.25, 0.3) is 0 Å². The number of hydrogen-bond acceptors (Lipinski definition) is 4. The summed E-state index contributed by atoms with van der Waals surface area (Å²) in [6.45, 7) is 0. The number of ether oxygens (including phenoxy) is 1. The van der Waals surface area contributed by atoms with Gasteiger partial charge in [-0.2, -0.15) is 0 Å². The summed E-state index contributed by atoms with van der Waals surface area (Å²) in [5, 5.41) is 1.88. The first-order valence-corrected chi connectivity index (χ1v) is 6.54. The fourth-order valence-corrected chi connectivity index (χ4v) is 2.85. The van der Waals surface area contributed by atoms with Gasteiger partial charge in [0, 0.05) is 6.07 Å². The maximum absolute atomic E-state index is 13.2. The highest BCUT2D eigenvalue weighted by Crippen LogP contribution is 2.32. The van der Waals surface area contributed by atoms with Crippen molar-refractivity contribution in [2.45, 2.75) is 12.5 Å². The molecule has 0 bridgehead atoms. The maximum Gasteiger partial charge on any atom is 0.134 e. The molecule has 3 N–H and O–H groups in total. The van der Waals surface area contributed by atoms with Gasteiger partial charge < -0.3 is 4.74 Å². The van der Waals surface area contributed by atoms with Gasteiger partial charge in [0.1, 0.15) is 17.4 Å². The van der Waals surface area contributed by atoms with Crippen molar-refractivity contribution in [3.63, 3.8) is 0 Å². The van der Waals surface area contributed by atoms with Crippen LogP contribution in [0.25, 0.3) is 0 Å². The highest BCUT2D eigenvalue weighted by molar-refractivity contribution is 7.10. The second-order valence-electron chi connectivity index (χ2n) is 4.05. The van der Waals surface area contributed by atoms with Gasteiger partial charge >= 0.3 is 0 Å². The molecule has 102 valence electrons. The van der Waals surface area contributed by atoms with E-state index in [0.29, 0.717) is 17.7 Å². The molecular weight excluding hydrogens is 270 g/mol. The van der Waals surface area contributed by atoms with Crippen LogP contribution in [0.5, 0.6) is 5.75 Å². The van der Waals surface area contributed by atoms with Crippen LogP contribution >= 0.6 is 11.3 Å². The number of benzene rings is 1. The number of nitrogens with two attached hydrogens (primary N) is 1. The Morgan fingerprint density at radius 1 is 1.32 bits per heavy atom. The lowest BCUT2D eigenvalue weighted by Gasteiger charge is -2.16. The molecule has 0 spiro atoms. The van der Waals surface area contributed by atoms with Crippen molar-refractivity contribution >= 4 is 11.3 Å². The predicted octanol–water partition coefficient (Wildman–Crippen LogP) is 2.78. The van der Waals surface area contributed by atoms with Gasteiger partial charge in [-0.1, -0.05) is 0 Å². The summed E-state index contributed by atoms with van der Waals surface area (Å²) in [6.07, 6.45) is 0.377. The minimum absolute atomic E-state index is 0.254. The van der Waals surface area contributed by atoms with Crippen molar-refractivity contribution in [2.24, 2.45) is 5.84 Å². The highest BCUT2D eigenvalue weighted by Gasteiger charge is 2.17.